The number of hydrogen-bond donors (Lipinski definition) is 4. The van der Waals surface area contributed by atoms with Gasteiger partial charge in [0, 0.05) is 19.3 Å². The molecule has 0 saturated carbocycles. The average molecular weight is 1680 g/mol. The highest BCUT2D eigenvalue weighted by molar-refractivity contribution is 7.47. The molecule has 0 aliphatic heterocycles. The molecule has 5 unspecified atom stereocenters. The first-order chi connectivity index (χ1) is 57.2. The number of hydrogen-bond acceptors (Lipinski definition) is 14. The van der Waals surface area contributed by atoms with Crippen molar-refractivity contribution in [2.24, 2.45) is 0 Å². The lowest BCUT2D eigenvalue weighted by Gasteiger charge is -2.21. The topological polar surface area (TPSA) is 231 Å². The van der Waals surface area contributed by atoms with Gasteiger partial charge in [-0.25, -0.2) is 9.13 Å². The zero-order valence-corrected chi connectivity index (χ0v) is 75.6. The van der Waals surface area contributed by atoms with Gasteiger partial charge in [-0.1, -0.05) is 371 Å². The first kappa shape index (κ1) is 112. The predicted octanol–water partition coefficient (Wildman–Crippen LogP) is 28.7. The monoisotopic (exact) mass is 1680 g/mol. The second-order valence-electron chi connectivity index (χ2n) is 30.7. The van der Waals surface area contributed by atoms with E-state index in [0.29, 0.717) is 19.3 Å². The van der Waals surface area contributed by atoms with E-state index in [0.717, 1.165) is 186 Å². The van der Waals surface area contributed by atoms with Crippen LogP contribution in [0.15, 0.2) is 170 Å². The number of phosphoric ester groups is 2. The lowest BCUT2D eigenvalue weighted by atomic mass is 10.0. The van der Waals surface area contributed by atoms with Crippen LogP contribution >= 0.6 is 15.6 Å². The molecular weight excluding hydrogens is 1510 g/mol. The van der Waals surface area contributed by atoms with Gasteiger partial charge in [-0.2, -0.15) is 0 Å². The average Bonchev–Trinajstić information content (AvgIpc) is 1.07. The van der Waals surface area contributed by atoms with Crippen LogP contribution in [0.4, 0.5) is 0 Å². The zero-order valence-electron chi connectivity index (χ0n) is 73.8. The van der Waals surface area contributed by atoms with E-state index in [4.69, 9.17) is 32.3 Å². The molecule has 0 rings (SSSR count). The van der Waals surface area contributed by atoms with E-state index in [-0.39, 0.29) is 19.3 Å². The Morgan fingerprint density at radius 3 is 0.718 bits per heavy atom. The first-order valence-corrected chi connectivity index (χ1v) is 49.4. The Morgan fingerprint density at radius 2 is 0.453 bits per heavy atom. The normalized spacial score (nSPS) is 14.6. The number of carbonyl (C=O) groups excluding carboxylic acids is 3. The third-order valence-electron chi connectivity index (χ3n) is 19.4. The molecule has 0 aromatic rings. The molecule has 0 aromatic heterocycles. The van der Waals surface area contributed by atoms with Gasteiger partial charge in [0.2, 0.25) is 0 Å². The van der Waals surface area contributed by atoms with Crippen LogP contribution in [0.25, 0.3) is 0 Å². The van der Waals surface area contributed by atoms with Crippen LogP contribution in [-0.2, 0) is 55.8 Å². The molecule has 0 spiro atoms. The van der Waals surface area contributed by atoms with Crippen LogP contribution in [0.2, 0.25) is 0 Å². The summed E-state index contributed by atoms with van der Waals surface area (Å²) in [7, 11) is -9.82. The Bertz CT molecular complexity index is 2810. The van der Waals surface area contributed by atoms with Crippen LogP contribution in [0, 0.1) is 0 Å². The highest BCUT2D eigenvalue weighted by Crippen LogP contribution is 2.45. The van der Waals surface area contributed by atoms with Crippen LogP contribution in [0.3, 0.4) is 0 Å². The molecular formula is C99H168O16P2. The molecule has 670 valence electrons. The molecule has 18 heteroatoms. The maximum atomic E-state index is 13.1. The van der Waals surface area contributed by atoms with Crippen molar-refractivity contribution in [3.63, 3.8) is 0 Å². The molecule has 0 heterocycles. The fourth-order valence-corrected chi connectivity index (χ4v) is 14.0. The summed E-state index contributed by atoms with van der Waals surface area (Å²) in [5.41, 5.74) is 0. The quantitative estimate of drug-likeness (QED) is 0.0146. The molecule has 0 aliphatic rings. The minimum atomic E-state index is -4.95. The van der Waals surface area contributed by atoms with Crippen molar-refractivity contribution in [3.05, 3.63) is 170 Å². The van der Waals surface area contributed by atoms with E-state index in [1.807, 2.05) is 0 Å². The molecule has 0 bridgehead atoms. The van der Waals surface area contributed by atoms with Crippen LogP contribution in [0.1, 0.15) is 380 Å². The summed E-state index contributed by atoms with van der Waals surface area (Å²) in [4.78, 5) is 59.0. The van der Waals surface area contributed by atoms with Crippen molar-refractivity contribution in [1.29, 1.82) is 0 Å². The van der Waals surface area contributed by atoms with E-state index < -0.39 is 91.5 Å². The van der Waals surface area contributed by atoms with Crippen molar-refractivity contribution in [3.8, 4) is 0 Å². The standard InChI is InChI=1S/C99H168O16P2/c1-4-7-10-13-16-19-22-25-28-31-34-37-40-42-44-45-46-47-49-51-53-55-58-61-64-67-70-73-76-79-82-85-97(102)109-88-94(100)89-111-116(105,106)112-90-95(101)91-113-117(107,108)114-93-96(115-99(104)87-84-81-78-75-72-69-66-63-60-57-52-39-36-33-30-27-24-21-18-15-12-9-6-3)92-110-98(103)86-83-80-77-74-71-68-65-62-59-56-54-50-48-43-41-38-35-32-29-26-23-20-17-14-11-8-5-2/h8,11,16-21,25-30,34-39,42-44,48,54,56-57,60,94-96,100-101H,4-7,9-10,12-15,22-24,31-33,40-41,45-47,49-53,55,58-59,61-93H2,1-3H3,(H,105,106)(H,107,108)/b11-8-,19-16-,20-17-,21-18-,28-25-,29-26-,30-27-,37-34-,38-35-,39-36-,44-42-,48-43-,56-54-,60-57-. The van der Waals surface area contributed by atoms with Gasteiger partial charge in [-0.3, -0.25) is 32.5 Å². The number of aliphatic hydroxyl groups excluding tert-OH is 2. The number of allylic oxidation sites excluding steroid dienone is 28. The molecule has 0 saturated heterocycles. The van der Waals surface area contributed by atoms with Gasteiger partial charge in [-0.05, 0) is 161 Å². The summed E-state index contributed by atoms with van der Waals surface area (Å²) >= 11 is 0. The van der Waals surface area contributed by atoms with Gasteiger partial charge in [0.05, 0.1) is 26.4 Å². The molecule has 4 N–H and O–H groups in total. The summed E-state index contributed by atoms with van der Waals surface area (Å²) in [6, 6.07) is 0. The largest absolute Gasteiger partial charge is 0.472 e. The highest BCUT2D eigenvalue weighted by Gasteiger charge is 2.29. The molecule has 117 heavy (non-hydrogen) atoms. The number of esters is 3. The lowest BCUT2D eigenvalue weighted by molar-refractivity contribution is -0.161. The van der Waals surface area contributed by atoms with Gasteiger partial charge in [0.15, 0.2) is 6.10 Å². The molecule has 0 aromatic carbocycles. The highest BCUT2D eigenvalue weighted by atomic mass is 31.2. The number of aliphatic hydroxyl groups is 2. The minimum absolute atomic E-state index is 0.0851. The maximum absolute atomic E-state index is 13.1. The smallest absolute Gasteiger partial charge is 0.463 e. The van der Waals surface area contributed by atoms with Gasteiger partial charge in [-0.15, -0.1) is 0 Å². The Balaban J connectivity index is 4.64. The second-order valence-corrected chi connectivity index (χ2v) is 33.6. The number of phosphoric acid groups is 2. The third kappa shape index (κ3) is 91.5. The fraction of sp³-hybridized carbons (Fsp3) is 0.687. The number of ether oxygens (including phenoxy) is 3. The van der Waals surface area contributed by atoms with Crippen molar-refractivity contribution in [1.82, 2.24) is 0 Å². The molecule has 0 fully saturated rings. The molecule has 16 nitrogen and oxygen atoms in total. The van der Waals surface area contributed by atoms with Gasteiger partial charge in [0.1, 0.15) is 25.4 Å². The summed E-state index contributed by atoms with van der Waals surface area (Å²) in [5, 5.41) is 20.7. The summed E-state index contributed by atoms with van der Waals surface area (Å²) in [5.74, 6) is -1.59. The van der Waals surface area contributed by atoms with E-state index in [2.05, 4.69) is 191 Å². The van der Waals surface area contributed by atoms with Crippen LogP contribution in [-0.4, -0.2) is 95.9 Å². The lowest BCUT2D eigenvalue weighted by Crippen LogP contribution is -2.30. The predicted molar refractivity (Wildman–Crippen MR) is 491 cm³/mol. The Morgan fingerprint density at radius 1 is 0.248 bits per heavy atom. The Labute approximate surface area is 713 Å². The van der Waals surface area contributed by atoms with Crippen molar-refractivity contribution in [2.45, 2.75) is 399 Å². The van der Waals surface area contributed by atoms with Gasteiger partial charge >= 0.3 is 33.6 Å². The minimum Gasteiger partial charge on any atom is -0.463 e. The van der Waals surface area contributed by atoms with Crippen LogP contribution < -0.4 is 0 Å². The fourth-order valence-electron chi connectivity index (χ4n) is 12.4. The molecule has 0 amide bonds. The summed E-state index contributed by atoms with van der Waals surface area (Å²) in [6.07, 6.45) is 117. The molecule has 5 atom stereocenters. The van der Waals surface area contributed by atoms with Gasteiger partial charge in [0.25, 0.3) is 0 Å². The van der Waals surface area contributed by atoms with E-state index in [1.165, 1.54) is 135 Å². The Hall–Kier alpha value is -5.09. The SMILES string of the molecule is CC/C=C\C/C=C\C/C=C\C/C=C\C/C=C\C/C=C\CCCCCCCCCCC(=O)OCC(COP(=O)(O)OCC(O)COP(=O)(O)OCC(O)COC(=O)CCCCCCCCCCCCCCCCC/C=C\C/C=C\C/C=C\C/C=C\CCCCC)OC(=O)CCCCCCCCC/C=C\C/C=C\C/C=C\C/C=C\CCCCC. The first-order valence-electron chi connectivity index (χ1n) is 46.4. The van der Waals surface area contributed by atoms with Gasteiger partial charge < -0.3 is 34.2 Å². The zero-order chi connectivity index (χ0) is 85.1. The number of unbranched alkanes of at least 4 members (excludes halogenated alkanes) is 36. The second kappa shape index (κ2) is 90.2. The van der Waals surface area contributed by atoms with Crippen molar-refractivity contribution < 1.29 is 75.8 Å². The van der Waals surface area contributed by atoms with E-state index >= 15 is 0 Å². The summed E-state index contributed by atoms with van der Waals surface area (Å²) < 4.78 is 61.5. The molecule has 0 radical (unpaired) electrons. The number of carbonyl (C=O) groups is 3. The van der Waals surface area contributed by atoms with Crippen molar-refractivity contribution in [2.75, 3.05) is 39.6 Å². The third-order valence-corrected chi connectivity index (χ3v) is 21.3. The van der Waals surface area contributed by atoms with E-state index in [1.54, 1.807) is 0 Å². The van der Waals surface area contributed by atoms with Crippen LogP contribution in [0.5, 0.6) is 0 Å². The van der Waals surface area contributed by atoms with Crippen molar-refractivity contribution >= 4 is 33.6 Å². The maximum Gasteiger partial charge on any atom is 0.472 e. The summed E-state index contributed by atoms with van der Waals surface area (Å²) in [6.45, 7) is 2.53. The Kier molecular flexibility index (Phi) is 86.2. The molecule has 0 aliphatic carbocycles. The number of rotatable bonds is 87. The van der Waals surface area contributed by atoms with E-state index in [9.17, 15) is 43.5 Å².